The highest BCUT2D eigenvalue weighted by Gasteiger charge is 2.06. The molecule has 2 amide bonds. The van der Waals surface area contributed by atoms with Crippen LogP contribution in [0.5, 0.6) is 0 Å². The molecule has 0 aliphatic heterocycles. The van der Waals surface area contributed by atoms with Crippen molar-refractivity contribution in [2.45, 2.75) is 0 Å². The molecule has 92 valence electrons. The quantitative estimate of drug-likeness (QED) is 0.769. The Morgan fingerprint density at radius 3 is 2.61 bits per heavy atom. The third kappa shape index (κ3) is 2.98. The Labute approximate surface area is 105 Å². The number of carbonyl (C=O) groups is 2. The molecule has 2 heterocycles. The Morgan fingerprint density at radius 1 is 1.22 bits per heavy atom. The number of hydrogen-bond acceptors (Lipinski definition) is 6. The molecule has 0 atom stereocenters. The molecule has 3 N–H and O–H groups in total. The van der Waals surface area contributed by atoms with Crippen LogP contribution in [0.2, 0.25) is 0 Å². The highest BCUT2D eigenvalue weighted by Crippen LogP contribution is 2.11. The predicted octanol–water partition coefficient (Wildman–Crippen LogP) is 1.28. The van der Waals surface area contributed by atoms with E-state index >= 15 is 0 Å². The van der Waals surface area contributed by atoms with Gasteiger partial charge in [0.05, 0.1) is 18.1 Å². The normalized spacial score (nSPS) is 9.78. The van der Waals surface area contributed by atoms with Gasteiger partial charge < -0.3 is 10.4 Å². The van der Waals surface area contributed by atoms with E-state index in [-0.39, 0.29) is 5.69 Å². The van der Waals surface area contributed by atoms with E-state index in [9.17, 15) is 9.59 Å². The summed E-state index contributed by atoms with van der Waals surface area (Å²) in [6, 6.07) is 2.26. The standard InChI is InChI=1S/C9H7N5O3S/c15-8(16)6-2-1-5(3-10-6)12-9(17)13-7-4-11-14-18-7/h1-4H,(H,15,16)(H2,12,13,17). The molecule has 0 saturated heterocycles. The van der Waals surface area contributed by atoms with Crippen LogP contribution in [0.4, 0.5) is 15.5 Å². The SMILES string of the molecule is O=C(Nc1ccc(C(=O)O)nc1)Nc1cnns1. The first-order valence-corrected chi connectivity index (χ1v) is 5.47. The molecule has 8 nitrogen and oxygen atoms in total. The van der Waals surface area contributed by atoms with E-state index in [0.29, 0.717) is 10.7 Å². The molecule has 2 aromatic heterocycles. The van der Waals surface area contributed by atoms with Gasteiger partial charge in [0.15, 0.2) is 0 Å². The molecule has 0 saturated carbocycles. The number of rotatable bonds is 3. The summed E-state index contributed by atoms with van der Waals surface area (Å²) in [5, 5.41) is 17.7. The maximum absolute atomic E-state index is 11.5. The molecule has 2 aromatic rings. The summed E-state index contributed by atoms with van der Waals surface area (Å²) in [6.45, 7) is 0. The fourth-order valence-corrected chi connectivity index (χ4v) is 1.51. The number of amides is 2. The molecular weight excluding hydrogens is 258 g/mol. The number of nitrogens with zero attached hydrogens (tertiary/aromatic N) is 3. The van der Waals surface area contributed by atoms with Crippen LogP contribution in [0.15, 0.2) is 24.5 Å². The fraction of sp³-hybridized carbons (Fsp3) is 0. The van der Waals surface area contributed by atoms with Crippen molar-refractivity contribution < 1.29 is 14.7 Å². The lowest BCUT2D eigenvalue weighted by Gasteiger charge is -2.04. The molecule has 0 spiro atoms. The fourth-order valence-electron chi connectivity index (χ4n) is 1.09. The molecule has 0 radical (unpaired) electrons. The number of aromatic carboxylic acids is 1. The van der Waals surface area contributed by atoms with Crippen LogP contribution in [0.1, 0.15) is 10.5 Å². The Kier molecular flexibility index (Phi) is 3.44. The highest BCUT2D eigenvalue weighted by atomic mass is 32.1. The molecule has 0 aliphatic rings. The van der Waals surface area contributed by atoms with Gasteiger partial charge in [-0.3, -0.25) is 5.32 Å². The number of carbonyl (C=O) groups excluding carboxylic acids is 1. The molecule has 0 unspecified atom stereocenters. The van der Waals surface area contributed by atoms with Crippen molar-refractivity contribution >= 4 is 34.2 Å². The van der Waals surface area contributed by atoms with Crippen molar-refractivity contribution in [2.24, 2.45) is 0 Å². The molecule has 18 heavy (non-hydrogen) atoms. The van der Waals surface area contributed by atoms with E-state index in [1.54, 1.807) is 0 Å². The maximum Gasteiger partial charge on any atom is 0.354 e. The number of anilines is 2. The van der Waals surface area contributed by atoms with Gasteiger partial charge in [-0.1, -0.05) is 4.49 Å². The number of hydrogen-bond donors (Lipinski definition) is 3. The zero-order chi connectivity index (χ0) is 13.0. The van der Waals surface area contributed by atoms with Gasteiger partial charge >= 0.3 is 12.0 Å². The van der Waals surface area contributed by atoms with Crippen molar-refractivity contribution in [2.75, 3.05) is 10.6 Å². The van der Waals surface area contributed by atoms with Gasteiger partial charge in [0.1, 0.15) is 10.7 Å². The maximum atomic E-state index is 11.5. The van der Waals surface area contributed by atoms with Crippen molar-refractivity contribution in [1.82, 2.24) is 14.6 Å². The summed E-state index contributed by atoms with van der Waals surface area (Å²) < 4.78 is 3.58. The summed E-state index contributed by atoms with van der Waals surface area (Å²) in [4.78, 5) is 25.7. The lowest BCUT2D eigenvalue weighted by molar-refractivity contribution is 0.0690. The Morgan fingerprint density at radius 2 is 2.06 bits per heavy atom. The second-order valence-corrected chi connectivity index (χ2v) is 3.88. The van der Waals surface area contributed by atoms with E-state index in [4.69, 9.17) is 5.11 Å². The number of carboxylic acids is 1. The van der Waals surface area contributed by atoms with Gasteiger partial charge in [-0.15, -0.1) is 5.10 Å². The van der Waals surface area contributed by atoms with E-state index < -0.39 is 12.0 Å². The van der Waals surface area contributed by atoms with E-state index in [1.165, 1.54) is 24.5 Å². The molecule has 0 bridgehead atoms. The molecule has 2 rings (SSSR count). The van der Waals surface area contributed by atoms with Gasteiger partial charge in [0.2, 0.25) is 0 Å². The Balaban J connectivity index is 1.97. The molecule has 0 aromatic carbocycles. The van der Waals surface area contributed by atoms with Crippen molar-refractivity contribution in [1.29, 1.82) is 0 Å². The summed E-state index contributed by atoms with van der Waals surface area (Å²) in [5.41, 5.74) is 0.294. The second-order valence-electron chi connectivity index (χ2n) is 3.10. The smallest absolute Gasteiger partial charge is 0.354 e. The van der Waals surface area contributed by atoms with Crippen LogP contribution in [0.25, 0.3) is 0 Å². The summed E-state index contributed by atoms with van der Waals surface area (Å²) >= 11 is 1.04. The van der Waals surface area contributed by atoms with Crippen LogP contribution >= 0.6 is 11.5 Å². The Bertz CT molecular complexity index is 554. The molecular formula is C9H7N5O3S. The predicted molar refractivity (Wildman–Crippen MR) is 63.7 cm³/mol. The first kappa shape index (κ1) is 11.9. The number of urea groups is 1. The van der Waals surface area contributed by atoms with Crippen molar-refractivity contribution in [3.8, 4) is 0 Å². The van der Waals surface area contributed by atoms with Gasteiger partial charge in [-0.2, -0.15) is 0 Å². The number of carboxylic acid groups (broad SMARTS) is 1. The van der Waals surface area contributed by atoms with Crippen LogP contribution in [0, 0.1) is 0 Å². The minimum absolute atomic E-state index is 0.0902. The molecule has 9 heteroatoms. The van der Waals surface area contributed by atoms with Gasteiger partial charge in [-0.05, 0) is 12.1 Å². The average molecular weight is 265 g/mol. The topological polar surface area (TPSA) is 117 Å². The molecule has 0 aliphatic carbocycles. The van der Waals surface area contributed by atoms with E-state index in [1.807, 2.05) is 0 Å². The van der Waals surface area contributed by atoms with Gasteiger partial charge in [0, 0.05) is 11.5 Å². The highest BCUT2D eigenvalue weighted by molar-refractivity contribution is 7.10. The third-order valence-electron chi connectivity index (χ3n) is 1.84. The van der Waals surface area contributed by atoms with Crippen molar-refractivity contribution in [3.05, 3.63) is 30.2 Å². The molecule has 0 fully saturated rings. The van der Waals surface area contributed by atoms with Crippen molar-refractivity contribution in [3.63, 3.8) is 0 Å². The zero-order valence-electron chi connectivity index (χ0n) is 8.82. The first-order chi connectivity index (χ1) is 8.65. The van der Waals surface area contributed by atoms with Crippen LogP contribution in [-0.2, 0) is 0 Å². The lowest BCUT2D eigenvalue weighted by atomic mass is 10.3. The average Bonchev–Trinajstić information content (AvgIpc) is 2.82. The largest absolute Gasteiger partial charge is 0.477 e. The second kappa shape index (κ2) is 5.19. The van der Waals surface area contributed by atoms with E-state index in [2.05, 4.69) is 25.2 Å². The van der Waals surface area contributed by atoms with E-state index in [0.717, 1.165) is 11.5 Å². The van der Waals surface area contributed by atoms with Gasteiger partial charge in [-0.25, -0.2) is 14.6 Å². The zero-order valence-corrected chi connectivity index (χ0v) is 9.64. The summed E-state index contributed by atoms with van der Waals surface area (Å²) in [5.74, 6) is -1.12. The monoisotopic (exact) mass is 265 g/mol. The number of nitrogens with one attached hydrogen (secondary N) is 2. The minimum atomic E-state index is -1.12. The lowest BCUT2D eigenvalue weighted by Crippen LogP contribution is -2.19. The van der Waals surface area contributed by atoms with Crippen LogP contribution in [0.3, 0.4) is 0 Å². The van der Waals surface area contributed by atoms with Crippen LogP contribution in [-0.4, -0.2) is 31.7 Å². The third-order valence-corrected chi connectivity index (χ3v) is 2.42. The Hall–Kier alpha value is -2.55. The first-order valence-electron chi connectivity index (χ1n) is 4.70. The number of pyridine rings is 1. The minimum Gasteiger partial charge on any atom is -0.477 e. The van der Waals surface area contributed by atoms with Gasteiger partial charge in [0.25, 0.3) is 0 Å². The summed E-state index contributed by atoms with van der Waals surface area (Å²) in [7, 11) is 0. The van der Waals surface area contributed by atoms with Crippen LogP contribution < -0.4 is 10.6 Å². The summed E-state index contributed by atoms with van der Waals surface area (Å²) in [6.07, 6.45) is 2.67. The number of aromatic nitrogens is 3.